The normalized spacial score (nSPS) is 8.29. The van der Waals surface area contributed by atoms with Gasteiger partial charge in [0.25, 0.3) is 0 Å². The molecule has 14 heavy (non-hydrogen) atoms. The molecular formula is C12H10IrN-2. The summed E-state index contributed by atoms with van der Waals surface area (Å²) in [4.78, 5) is 4.22. The molecule has 0 aliphatic rings. The molecule has 2 aromatic rings. The van der Waals surface area contributed by atoms with Crippen molar-refractivity contribution in [3.63, 3.8) is 0 Å². The summed E-state index contributed by atoms with van der Waals surface area (Å²) >= 11 is 0. The van der Waals surface area contributed by atoms with Gasteiger partial charge in [-0.25, -0.2) is 0 Å². The number of rotatable bonds is 1. The quantitative estimate of drug-likeness (QED) is 0.713. The molecule has 0 N–H and O–H groups in total. The molecule has 74 valence electrons. The summed E-state index contributed by atoms with van der Waals surface area (Å²) in [5.41, 5.74) is 2.01. The summed E-state index contributed by atoms with van der Waals surface area (Å²) in [6, 6.07) is 16.8. The van der Waals surface area contributed by atoms with Crippen LogP contribution in [0.4, 0.5) is 0 Å². The molecule has 2 heteroatoms. The van der Waals surface area contributed by atoms with E-state index in [-0.39, 0.29) is 27.5 Å². The fourth-order valence-electron chi connectivity index (χ4n) is 1.07. The smallest absolute Gasteiger partial charge is 0.0160 e. The number of aromatic nitrogens is 1. The van der Waals surface area contributed by atoms with Gasteiger partial charge in [-0.2, -0.15) is 0 Å². The third-order valence-electron chi connectivity index (χ3n) is 1.65. The van der Waals surface area contributed by atoms with Gasteiger partial charge in [0.1, 0.15) is 0 Å². The van der Waals surface area contributed by atoms with E-state index < -0.39 is 0 Å². The van der Waals surface area contributed by atoms with Gasteiger partial charge in [-0.1, -0.05) is 12.1 Å². The molecule has 0 spiro atoms. The standard InChI is InChI=1S/C11H8N.CH2.Ir/c1-2-6-10(7-3-1)11-8-4-5-9-12-11;;/h1-6,8-9H;1H2;/q2*-1;. The number of nitrogens with zero attached hydrogens (tertiary/aromatic N) is 1. The molecule has 2 radical (unpaired) electrons. The van der Waals surface area contributed by atoms with E-state index in [0.29, 0.717) is 0 Å². The van der Waals surface area contributed by atoms with Gasteiger partial charge < -0.3 is 12.4 Å². The number of benzene rings is 1. The maximum absolute atomic E-state index is 4.22. The maximum Gasteiger partial charge on any atom is 0.0160 e. The molecule has 0 amide bonds. The van der Waals surface area contributed by atoms with Gasteiger partial charge in [0.05, 0.1) is 0 Å². The summed E-state index contributed by atoms with van der Waals surface area (Å²) < 4.78 is 0. The molecule has 0 aliphatic heterocycles. The molecule has 0 saturated heterocycles. The monoisotopic (exact) mass is 361 g/mol. The van der Waals surface area contributed by atoms with Crippen LogP contribution in [-0.4, -0.2) is 4.98 Å². The minimum atomic E-state index is 0. The average Bonchev–Trinajstić information content (AvgIpc) is 2.21. The van der Waals surface area contributed by atoms with E-state index in [4.69, 9.17) is 0 Å². The maximum atomic E-state index is 4.22. The molecular weight excluding hydrogens is 350 g/mol. The van der Waals surface area contributed by atoms with Crippen LogP contribution < -0.4 is 0 Å². The van der Waals surface area contributed by atoms with Gasteiger partial charge in [0.2, 0.25) is 0 Å². The first-order valence-corrected chi connectivity index (χ1v) is 3.85. The largest absolute Gasteiger partial charge is 0.512 e. The Morgan fingerprint density at radius 2 is 1.79 bits per heavy atom. The minimum absolute atomic E-state index is 0. The van der Waals surface area contributed by atoms with Crippen LogP contribution in [0.1, 0.15) is 0 Å². The van der Waals surface area contributed by atoms with Gasteiger partial charge in [0, 0.05) is 26.3 Å². The van der Waals surface area contributed by atoms with Crippen LogP contribution >= 0.6 is 0 Å². The molecule has 0 unspecified atom stereocenters. The average molecular weight is 360 g/mol. The second-order valence-corrected chi connectivity index (χ2v) is 2.49. The van der Waals surface area contributed by atoms with Crippen molar-refractivity contribution in [3.8, 4) is 11.3 Å². The second-order valence-electron chi connectivity index (χ2n) is 2.49. The molecule has 0 saturated carbocycles. The van der Waals surface area contributed by atoms with Crippen molar-refractivity contribution in [1.29, 1.82) is 0 Å². The number of hydrogen-bond acceptors (Lipinski definition) is 1. The van der Waals surface area contributed by atoms with E-state index in [2.05, 4.69) is 11.1 Å². The Bertz CT molecular complexity index is 308. The van der Waals surface area contributed by atoms with Gasteiger partial charge in [-0.3, -0.25) is 0 Å². The van der Waals surface area contributed by atoms with E-state index in [0.717, 1.165) is 11.3 Å². The van der Waals surface area contributed by atoms with Crippen LogP contribution in [0.5, 0.6) is 0 Å². The molecule has 1 aromatic carbocycles. The summed E-state index contributed by atoms with van der Waals surface area (Å²) in [6.45, 7) is 0. The van der Waals surface area contributed by atoms with Crippen molar-refractivity contribution in [2.45, 2.75) is 0 Å². The fourth-order valence-corrected chi connectivity index (χ4v) is 1.07. The fraction of sp³-hybridized carbons (Fsp3) is 0. The predicted molar refractivity (Wildman–Crippen MR) is 53.9 cm³/mol. The zero-order valence-electron chi connectivity index (χ0n) is 7.61. The van der Waals surface area contributed by atoms with Crippen molar-refractivity contribution in [3.05, 3.63) is 62.2 Å². The molecule has 0 atom stereocenters. The Morgan fingerprint density at radius 1 is 1.00 bits per heavy atom. The van der Waals surface area contributed by atoms with Crippen LogP contribution in [-0.2, 0) is 20.1 Å². The van der Waals surface area contributed by atoms with E-state index in [1.54, 1.807) is 6.20 Å². The summed E-state index contributed by atoms with van der Waals surface area (Å²) in [5, 5.41) is 0. The van der Waals surface area contributed by atoms with Crippen molar-refractivity contribution in [1.82, 2.24) is 4.98 Å². The molecule has 0 fully saturated rings. The Balaban J connectivity index is 0.000000845. The zero-order chi connectivity index (χ0) is 8.23. The third-order valence-corrected chi connectivity index (χ3v) is 1.65. The number of hydrogen-bond donors (Lipinski definition) is 0. The van der Waals surface area contributed by atoms with Crippen molar-refractivity contribution in [2.75, 3.05) is 0 Å². The molecule has 1 heterocycles. The first kappa shape index (κ1) is 13.0. The minimum Gasteiger partial charge on any atom is -0.512 e. The summed E-state index contributed by atoms with van der Waals surface area (Å²) in [5.74, 6) is 0. The Morgan fingerprint density at radius 3 is 2.36 bits per heavy atom. The van der Waals surface area contributed by atoms with Gasteiger partial charge in [-0.05, 0) is 11.8 Å². The van der Waals surface area contributed by atoms with Crippen molar-refractivity contribution < 1.29 is 20.1 Å². The summed E-state index contributed by atoms with van der Waals surface area (Å²) in [6.07, 6.45) is 1.79. The van der Waals surface area contributed by atoms with E-state index in [9.17, 15) is 0 Å². The molecule has 2 rings (SSSR count). The van der Waals surface area contributed by atoms with Gasteiger partial charge >= 0.3 is 0 Å². The van der Waals surface area contributed by atoms with Gasteiger partial charge in [0.15, 0.2) is 0 Å². The van der Waals surface area contributed by atoms with Crippen molar-refractivity contribution in [2.24, 2.45) is 0 Å². The first-order chi connectivity index (χ1) is 5.97. The zero-order valence-corrected chi connectivity index (χ0v) is 10.0. The summed E-state index contributed by atoms with van der Waals surface area (Å²) in [7, 11) is 0. The SMILES string of the molecule is [CH2-].[Ir].[c-]1ccccc1-c1ccccn1. The van der Waals surface area contributed by atoms with E-state index in [1.165, 1.54) is 0 Å². The Hall–Kier alpha value is -0.981. The van der Waals surface area contributed by atoms with Crippen LogP contribution in [0.25, 0.3) is 11.3 Å². The molecule has 0 bridgehead atoms. The third kappa shape index (κ3) is 3.06. The van der Waals surface area contributed by atoms with Gasteiger partial charge in [-0.15, -0.1) is 35.9 Å². The predicted octanol–water partition coefficient (Wildman–Crippen LogP) is 2.87. The van der Waals surface area contributed by atoms with Crippen molar-refractivity contribution >= 4 is 0 Å². The van der Waals surface area contributed by atoms with Crippen LogP contribution in [0.3, 0.4) is 0 Å². The van der Waals surface area contributed by atoms with E-state index >= 15 is 0 Å². The molecule has 1 nitrogen and oxygen atoms in total. The van der Waals surface area contributed by atoms with Crippen LogP contribution in [0.15, 0.2) is 48.7 Å². The van der Waals surface area contributed by atoms with Crippen LogP contribution in [0.2, 0.25) is 0 Å². The first-order valence-electron chi connectivity index (χ1n) is 3.85. The molecule has 1 aromatic heterocycles. The molecule has 0 aliphatic carbocycles. The Kier molecular flexibility index (Phi) is 6.02. The number of pyridine rings is 1. The second kappa shape index (κ2) is 6.47. The Labute approximate surface area is 98.6 Å². The topological polar surface area (TPSA) is 12.9 Å². The van der Waals surface area contributed by atoms with E-state index in [1.807, 2.05) is 42.5 Å². The van der Waals surface area contributed by atoms with Crippen LogP contribution in [0, 0.1) is 13.5 Å².